The van der Waals surface area contributed by atoms with Crippen molar-refractivity contribution in [1.82, 2.24) is 0 Å². The van der Waals surface area contributed by atoms with E-state index in [0.717, 1.165) is 6.42 Å². The highest BCUT2D eigenvalue weighted by Gasteiger charge is 2.25. The van der Waals surface area contributed by atoms with Gasteiger partial charge in [-0.25, -0.2) is 0 Å². The molecule has 0 spiro atoms. The molecule has 1 N–H and O–H groups in total. The molecule has 3 rings (SSSR count). The minimum Gasteiger partial charge on any atom is -0.481 e. The van der Waals surface area contributed by atoms with E-state index in [2.05, 4.69) is 5.32 Å². The van der Waals surface area contributed by atoms with Crippen molar-refractivity contribution >= 4 is 29.0 Å². The van der Waals surface area contributed by atoms with Gasteiger partial charge in [-0.3, -0.25) is 14.4 Å². The maximum atomic E-state index is 12.6. The number of ketones is 1. The first-order valence-corrected chi connectivity index (χ1v) is 8.93. The minimum atomic E-state index is -0.769. The number of nitrogens with zero attached hydrogens (tertiary/aromatic N) is 1. The van der Waals surface area contributed by atoms with E-state index in [-0.39, 0.29) is 17.6 Å². The fourth-order valence-electron chi connectivity index (χ4n) is 3.00. The van der Waals surface area contributed by atoms with Crippen LogP contribution in [0.15, 0.2) is 48.5 Å². The third-order valence-corrected chi connectivity index (χ3v) is 4.45. The number of hydrogen-bond acceptors (Lipinski definition) is 4. The molecule has 6 nitrogen and oxygen atoms in total. The normalized spacial score (nSPS) is 14.7. The number of anilines is 2. The Bertz CT molecular complexity index is 878. The van der Waals surface area contributed by atoms with E-state index < -0.39 is 6.10 Å². The molecule has 0 aliphatic carbocycles. The Morgan fingerprint density at radius 3 is 2.63 bits per heavy atom. The number of nitrogens with one attached hydrogen (secondary N) is 1. The van der Waals surface area contributed by atoms with E-state index in [1.165, 1.54) is 6.92 Å². The summed E-state index contributed by atoms with van der Waals surface area (Å²) in [6, 6.07) is 14.0. The number of benzene rings is 2. The smallest absolute Gasteiger partial charge is 0.265 e. The monoisotopic (exact) mass is 366 g/mol. The number of para-hydroxylation sites is 2. The molecule has 1 aliphatic heterocycles. The summed E-state index contributed by atoms with van der Waals surface area (Å²) >= 11 is 0. The third kappa shape index (κ3) is 4.34. The van der Waals surface area contributed by atoms with Gasteiger partial charge in [0.2, 0.25) is 5.91 Å². The second-order valence-electron chi connectivity index (χ2n) is 6.50. The molecule has 27 heavy (non-hydrogen) atoms. The maximum absolute atomic E-state index is 12.6. The molecule has 1 fully saturated rings. The fourth-order valence-corrected chi connectivity index (χ4v) is 3.00. The van der Waals surface area contributed by atoms with Gasteiger partial charge in [-0.1, -0.05) is 24.3 Å². The van der Waals surface area contributed by atoms with E-state index in [1.807, 2.05) is 18.2 Å². The van der Waals surface area contributed by atoms with Gasteiger partial charge < -0.3 is 15.0 Å². The van der Waals surface area contributed by atoms with Crippen LogP contribution < -0.4 is 15.0 Å². The number of hydrogen-bond donors (Lipinski definition) is 1. The summed E-state index contributed by atoms with van der Waals surface area (Å²) in [6.07, 6.45) is 0.566. The van der Waals surface area contributed by atoms with E-state index in [4.69, 9.17) is 4.74 Å². The molecule has 140 valence electrons. The van der Waals surface area contributed by atoms with Crippen LogP contribution in [0.5, 0.6) is 5.75 Å². The second-order valence-corrected chi connectivity index (χ2v) is 6.50. The van der Waals surface area contributed by atoms with Crippen LogP contribution in [0.1, 0.15) is 37.0 Å². The topological polar surface area (TPSA) is 75.7 Å². The molecular formula is C21H22N2O4. The van der Waals surface area contributed by atoms with Crippen LogP contribution in [0.3, 0.4) is 0 Å². The number of carbonyl (C=O) groups excluding carboxylic acids is 3. The SMILES string of the molecule is CC(=O)c1cccc(OC(C)C(=O)Nc2ccccc2N2CCCC2=O)c1. The van der Waals surface area contributed by atoms with Crippen LogP contribution in [0, 0.1) is 0 Å². The van der Waals surface area contributed by atoms with Gasteiger partial charge in [0.05, 0.1) is 11.4 Å². The molecular weight excluding hydrogens is 344 g/mol. The summed E-state index contributed by atoms with van der Waals surface area (Å²) in [6.45, 7) is 3.76. The van der Waals surface area contributed by atoms with Crippen molar-refractivity contribution < 1.29 is 19.1 Å². The molecule has 0 radical (unpaired) electrons. The Morgan fingerprint density at radius 2 is 1.93 bits per heavy atom. The number of carbonyl (C=O) groups is 3. The highest BCUT2D eigenvalue weighted by atomic mass is 16.5. The Morgan fingerprint density at radius 1 is 1.15 bits per heavy atom. The highest BCUT2D eigenvalue weighted by Crippen LogP contribution is 2.29. The number of Topliss-reactive ketones (excluding diaryl/α,β-unsaturated/α-hetero) is 1. The van der Waals surface area contributed by atoms with E-state index in [0.29, 0.717) is 35.7 Å². The predicted molar refractivity (Wildman–Crippen MR) is 103 cm³/mol. The van der Waals surface area contributed by atoms with Gasteiger partial charge in [0.15, 0.2) is 11.9 Å². The molecule has 1 aliphatic rings. The average molecular weight is 366 g/mol. The molecule has 0 aromatic heterocycles. The molecule has 1 saturated heterocycles. The van der Waals surface area contributed by atoms with Crippen molar-refractivity contribution in [3.05, 3.63) is 54.1 Å². The van der Waals surface area contributed by atoms with Gasteiger partial charge in [-0.05, 0) is 44.5 Å². The molecule has 2 amide bonds. The van der Waals surface area contributed by atoms with Crippen LogP contribution in [0.4, 0.5) is 11.4 Å². The van der Waals surface area contributed by atoms with E-state index >= 15 is 0 Å². The molecule has 6 heteroatoms. The summed E-state index contributed by atoms with van der Waals surface area (Å²) < 4.78 is 5.68. The van der Waals surface area contributed by atoms with Gasteiger partial charge >= 0.3 is 0 Å². The van der Waals surface area contributed by atoms with Crippen molar-refractivity contribution in [2.45, 2.75) is 32.8 Å². The zero-order valence-electron chi connectivity index (χ0n) is 15.4. The molecule has 1 unspecified atom stereocenters. The van der Waals surface area contributed by atoms with Gasteiger partial charge in [-0.2, -0.15) is 0 Å². The zero-order valence-corrected chi connectivity index (χ0v) is 15.4. The number of ether oxygens (including phenoxy) is 1. The van der Waals surface area contributed by atoms with Crippen molar-refractivity contribution in [3.63, 3.8) is 0 Å². The zero-order chi connectivity index (χ0) is 19.4. The molecule has 0 bridgehead atoms. The van der Waals surface area contributed by atoms with Gasteiger partial charge in [0, 0.05) is 18.5 Å². The first-order valence-electron chi connectivity index (χ1n) is 8.93. The number of rotatable bonds is 6. The first-order chi connectivity index (χ1) is 13.0. The van der Waals surface area contributed by atoms with Crippen molar-refractivity contribution in [3.8, 4) is 5.75 Å². The molecule has 2 aromatic rings. The Kier molecular flexibility index (Phi) is 5.54. The summed E-state index contributed by atoms with van der Waals surface area (Å²) in [5.74, 6) is 0.111. The summed E-state index contributed by atoms with van der Waals surface area (Å²) in [5.41, 5.74) is 1.79. The van der Waals surface area contributed by atoms with Gasteiger partial charge in [-0.15, -0.1) is 0 Å². The van der Waals surface area contributed by atoms with E-state index in [1.54, 1.807) is 42.2 Å². The lowest BCUT2D eigenvalue weighted by atomic mass is 10.1. The fraction of sp³-hybridized carbons (Fsp3) is 0.286. The van der Waals surface area contributed by atoms with E-state index in [9.17, 15) is 14.4 Å². The molecule has 0 saturated carbocycles. The second kappa shape index (κ2) is 8.03. The van der Waals surface area contributed by atoms with Crippen LogP contribution in [-0.4, -0.2) is 30.2 Å². The summed E-state index contributed by atoms with van der Waals surface area (Å²) in [5, 5.41) is 2.84. The van der Waals surface area contributed by atoms with Crippen molar-refractivity contribution in [2.24, 2.45) is 0 Å². The predicted octanol–water partition coefficient (Wildman–Crippen LogP) is 3.42. The van der Waals surface area contributed by atoms with Crippen LogP contribution in [-0.2, 0) is 9.59 Å². The van der Waals surface area contributed by atoms with Gasteiger partial charge in [0.25, 0.3) is 5.91 Å². The Balaban J connectivity index is 1.71. The van der Waals surface area contributed by atoms with Gasteiger partial charge in [0.1, 0.15) is 5.75 Å². The lowest BCUT2D eigenvalue weighted by Gasteiger charge is -2.21. The van der Waals surface area contributed by atoms with Crippen LogP contribution in [0.2, 0.25) is 0 Å². The minimum absolute atomic E-state index is 0.0574. The quantitative estimate of drug-likeness (QED) is 0.795. The van der Waals surface area contributed by atoms with Crippen LogP contribution in [0.25, 0.3) is 0 Å². The lowest BCUT2D eigenvalue weighted by Crippen LogP contribution is -2.31. The number of amides is 2. The molecule has 1 atom stereocenters. The first kappa shape index (κ1) is 18.6. The Labute approximate surface area is 158 Å². The van der Waals surface area contributed by atoms with Crippen molar-refractivity contribution in [1.29, 1.82) is 0 Å². The summed E-state index contributed by atoms with van der Waals surface area (Å²) in [7, 11) is 0. The molecule has 1 heterocycles. The average Bonchev–Trinajstić information content (AvgIpc) is 3.08. The standard InChI is InChI=1S/C21H22N2O4/c1-14(24)16-7-5-8-17(13-16)27-15(2)21(26)22-18-9-3-4-10-19(18)23-12-6-11-20(23)25/h3-5,7-10,13,15H,6,11-12H2,1-2H3,(H,22,26). The van der Waals surface area contributed by atoms with Crippen LogP contribution >= 0.6 is 0 Å². The molecule has 2 aromatic carbocycles. The lowest BCUT2D eigenvalue weighted by molar-refractivity contribution is -0.122. The summed E-state index contributed by atoms with van der Waals surface area (Å²) in [4.78, 5) is 37.8. The maximum Gasteiger partial charge on any atom is 0.265 e. The highest BCUT2D eigenvalue weighted by molar-refractivity contribution is 6.03. The van der Waals surface area contributed by atoms with Crippen molar-refractivity contribution in [2.75, 3.05) is 16.8 Å². The third-order valence-electron chi connectivity index (χ3n) is 4.45. The largest absolute Gasteiger partial charge is 0.481 e. The Hall–Kier alpha value is -3.15.